The highest BCUT2D eigenvalue weighted by Crippen LogP contribution is 2.34. The predicted octanol–water partition coefficient (Wildman–Crippen LogP) is 1.41. The molecule has 2 unspecified atom stereocenters. The molecule has 7 nitrogen and oxygen atoms in total. The molecular weight excluding hydrogens is 356 g/mol. The number of nitrogens with one attached hydrogen (secondary N) is 1. The molecule has 0 radical (unpaired) electrons. The van der Waals surface area contributed by atoms with E-state index in [-0.39, 0.29) is 17.1 Å². The van der Waals surface area contributed by atoms with E-state index in [1.807, 2.05) is 24.3 Å². The molecule has 142 valence electrons. The van der Waals surface area contributed by atoms with Crippen LogP contribution in [0.2, 0.25) is 0 Å². The number of aryl methyl sites for hydroxylation is 2. The molecule has 0 aliphatic carbocycles. The van der Waals surface area contributed by atoms with Crippen molar-refractivity contribution in [1.29, 1.82) is 0 Å². The molecule has 26 heavy (non-hydrogen) atoms. The van der Waals surface area contributed by atoms with E-state index in [1.165, 1.54) is 0 Å². The number of hydrogen-bond acceptors (Lipinski definition) is 4. The molecule has 0 spiro atoms. The Hall–Kier alpha value is -2.16. The lowest BCUT2D eigenvalue weighted by molar-refractivity contribution is 0.142. The standard InChI is InChI=1S/C18H22N2O4S.H2O/c1-12-8-13(10-20(2)18(12)21)16-9-14(19-25(3)22)4-5-17(16)24-15-6-7-23-11-15;/h4-5,8-10,15,19H,6-7,11H2,1-3H3;1H2. The lowest BCUT2D eigenvalue weighted by Crippen LogP contribution is -2.19. The third-order valence-corrected chi connectivity index (χ3v) is 4.62. The lowest BCUT2D eigenvalue weighted by Gasteiger charge is -2.18. The summed E-state index contributed by atoms with van der Waals surface area (Å²) >= 11 is 0. The summed E-state index contributed by atoms with van der Waals surface area (Å²) in [6, 6.07) is 7.45. The summed E-state index contributed by atoms with van der Waals surface area (Å²) in [6.45, 7) is 3.07. The fraction of sp³-hybridized carbons (Fsp3) is 0.389. The Kier molecular flexibility index (Phi) is 6.57. The number of aromatic nitrogens is 1. The van der Waals surface area contributed by atoms with Crippen LogP contribution in [0.1, 0.15) is 12.0 Å². The maximum Gasteiger partial charge on any atom is 0.253 e. The van der Waals surface area contributed by atoms with E-state index >= 15 is 0 Å². The average molecular weight is 380 g/mol. The van der Waals surface area contributed by atoms with Crippen LogP contribution in [0.5, 0.6) is 5.75 Å². The number of hydrogen-bond donors (Lipinski definition) is 1. The minimum atomic E-state index is -1.17. The first kappa shape index (κ1) is 20.2. The summed E-state index contributed by atoms with van der Waals surface area (Å²) < 4.78 is 27.4. The minimum Gasteiger partial charge on any atom is -0.487 e. The fourth-order valence-corrected chi connectivity index (χ4v) is 3.36. The van der Waals surface area contributed by atoms with Crippen molar-refractivity contribution in [2.45, 2.75) is 19.4 Å². The van der Waals surface area contributed by atoms with Crippen molar-refractivity contribution in [3.05, 3.63) is 46.4 Å². The zero-order valence-electron chi connectivity index (χ0n) is 15.1. The normalized spacial score (nSPS) is 17.4. The van der Waals surface area contributed by atoms with Gasteiger partial charge in [0, 0.05) is 48.3 Å². The SMILES string of the molecule is Cc1cc(-c2cc(NS(C)=O)ccc2OC2CCOC2)cn(C)c1=O.O. The largest absolute Gasteiger partial charge is 0.487 e. The van der Waals surface area contributed by atoms with E-state index < -0.39 is 11.0 Å². The van der Waals surface area contributed by atoms with Crippen molar-refractivity contribution in [2.24, 2.45) is 7.05 Å². The maximum atomic E-state index is 12.0. The summed E-state index contributed by atoms with van der Waals surface area (Å²) in [7, 11) is 0.559. The van der Waals surface area contributed by atoms with Crippen molar-refractivity contribution in [1.82, 2.24) is 4.57 Å². The van der Waals surface area contributed by atoms with Gasteiger partial charge in [-0.05, 0) is 31.2 Å². The van der Waals surface area contributed by atoms with Gasteiger partial charge < -0.3 is 24.2 Å². The highest BCUT2D eigenvalue weighted by atomic mass is 32.2. The van der Waals surface area contributed by atoms with Crippen LogP contribution in [0.3, 0.4) is 0 Å². The molecule has 1 fully saturated rings. The molecule has 2 atom stereocenters. The molecule has 1 aromatic heterocycles. The first-order valence-corrected chi connectivity index (χ1v) is 9.66. The molecular formula is C18H24N2O5S. The molecule has 3 N–H and O–H groups in total. The van der Waals surface area contributed by atoms with Crippen LogP contribution in [-0.4, -0.2) is 39.8 Å². The summed E-state index contributed by atoms with van der Waals surface area (Å²) in [5.74, 6) is 0.723. The summed E-state index contributed by atoms with van der Waals surface area (Å²) in [4.78, 5) is 12.0. The van der Waals surface area contributed by atoms with Gasteiger partial charge in [0.05, 0.1) is 13.2 Å². The van der Waals surface area contributed by atoms with Crippen LogP contribution in [0.25, 0.3) is 11.1 Å². The Morgan fingerprint density at radius 2 is 2.12 bits per heavy atom. The Morgan fingerprint density at radius 3 is 2.73 bits per heavy atom. The van der Waals surface area contributed by atoms with Gasteiger partial charge in [-0.2, -0.15) is 0 Å². The second-order valence-corrected chi connectivity index (χ2v) is 7.31. The molecule has 0 amide bonds. The molecule has 1 aliphatic rings. The van der Waals surface area contributed by atoms with Crippen molar-refractivity contribution in [2.75, 3.05) is 24.2 Å². The second kappa shape index (κ2) is 8.48. The monoisotopic (exact) mass is 380 g/mol. The van der Waals surface area contributed by atoms with E-state index in [0.29, 0.717) is 18.8 Å². The van der Waals surface area contributed by atoms with Gasteiger partial charge in [-0.15, -0.1) is 0 Å². The molecule has 1 aliphatic heterocycles. The molecule has 1 saturated heterocycles. The zero-order chi connectivity index (χ0) is 18.0. The van der Waals surface area contributed by atoms with Crippen molar-refractivity contribution in [3.63, 3.8) is 0 Å². The average Bonchev–Trinajstić information content (AvgIpc) is 3.06. The van der Waals surface area contributed by atoms with Gasteiger partial charge in [-0.25, -0.2) is 4.21 Å². The molecule has 0 saturated carbocycles. The molecule has 2 aromatic rings. The first-order chi connectivity index (χ1) is 11.9. The smallest absolute Gasteiger partial charge is 0.253 e. The Labute approximate surface area is 154 Å². The summed E-state index contributed by atoms with van der Waals surface area (Å²) in [5.41, 5.74) is 3.09. The minimum absolute atomic E-state index is 0. The van der Waals surface area contributed by atoms with E-state index in [4.69, 9.17) is 9.47 Å². The Balaban J connectivity index is 0.00000243. The van der Waals surface area contributed by atoms with Crippen LogP contribution in [0.4, 0.5) is 5.69 Å². The fourth-order valence-electron chi connectivity index (χ4n) is 2.90. The van der Waals surface area contributed by atoms with Gasteiger partial charge in [-0.3, -0.25) is 4.79 Å². The van der Waals surface area contributed by atoms with Crippen LogP contribution in [0.15, 0.2) is 35.3 Å². The highest BCUT2D eigenvalue weighted by Gasteiger charge is 2.20. The van der Waals surface area contributed by atoms with Gasteiger partial charge in [-0.1, -0.05) is 0 Å². The van der Waals surface area contributed by atoms with Gasteiger partial charge in [0.15, 0.2) is 0 Å². The van der Waals surface area contributed by atoms with E-state index in [0.717, 1.165) is 29.0 Å². The van der Waals surface area contributed by atoms with Crippen molar-refractivity contribution < 1.29 is 19.2 Å². The Morgan fingerprint density at radius 1 is 1.35 bits per heavy atom. The first-order valence-electron chi connectivity index (χ1n) is 8.10. The van der Waals surface area contributed by atoms with E-state index in [1.54, 1.807) is 31.0 Å². The number of pyridine rings is 1. The lowest BCUT2D eigenvalue weighted by atomic mass is 10.0. The highest BCUT2D eigenvalue weighted by molar-refractivity contribution is 7.85. The van der Waals surface area contributed by atoms with Gasteiger partial charge >= 0.3 is 0 Å². The van der Waals surface area contributed by atoms with Crippen molar-refractivity contribution in [3.8, 4) is 16.9 Å². The predicted molar refractivity (Wildman–Crippen MR) is 103 cm³/mol. The molecule has 8 heteroatoms. The van der Waals surface area contributed by atoms with Crippen LogP contribution < -0.4 is 15.0 Å². The number of nitrogens with zero attached hydrogens (tertiary/aromatic N) is 1. The molecule has 3 rings (SSSR count). The number of anilines is 1. The van der Waals surface area contributed by atoms with Gasteiger partial charge in [0.1, 0.15) is 22.8 Å². The van der Waals surface area contributed by atoms with Crippen molar-refractivity contribution >= 4 is 16.7 Å². The molecule has 1 aromatic carbocycles. The second-order valence-electron chi connectivity index (χ2n) is 6.20. The quantitative estimate of drug-likeness (QED) is 0.847. The van der Waals surface area contributed by atoms with E-state index in [2.05, 4.69) is 4.72 Å². The van der Waals surface area contributed by atoms with Crippen LogP contribution >= 0.6 is 0 Å². The number of ether oxygens (including phenoxy) is 2. The topological polar surface area (TPSA) is 101 Å². The maximum absolute atomic E-state index is 12.0. The zero-order valence-corrected chi connectivity index (χ0v) is 15.9. The summed E-state index contributed by atoms with van der Waals surface area (Å²) in [5, 5.41) is 0. The van der Waals surface area contributed by atoms with Crippen LogP contribution in [0, 0.1) is 6.92 Å². The summed E-state index contributed by atoms with van der Waals surface area (Å²) in [6.07, 6.45) is 4.24. The van der Waals surface area contributed by atoms with Gasteiger partial charge in [0.25, 0.3) is 5.56 Å². The third-order valence-electron chi connectivity index (χ3n) is 4.10. The number of benzene rings is 1. The van der Waals surface area contributed by atoms with Crippen LogP contribution in [-0.2, 0) is 22.8 Å². The third kappa shape index (κ3) is 4.51. The Bertz CT molecular complexity index is 833. The molecule has 2 heterocycles. The van der Waals surface area contributed by atoms with Gasteiger partial charge in [0.2, 0.25) is 0 Å². The number of rotatable bonds is 5. The molecule has 0 bridgehead atoms. The van der Waals surface area contributed by atoms with E-state index in [9.17, 15) is 9.00 Å².